The SMILES string of the molecule is COc1cccc(NC(=O)C2CCCN(c3ccc(-c4ccccc4OC)nn3)C2)c1. The van der Waals surface area contributed by atoms with Crippen LogP contribution in [0.15, 0.2) is 60.7 Å². The topological polar surface area (TPSA) is 76.6 Å². The normalized spacial score (nSPS) is 15.9. The molecule has 1 saturated heterocycles. The molecule has 1 aromatic heterocycles. The van der Waals surface area contributed by atoms with Crippen molar-refractivity contribution < 1.29 is 14.3 Å². The second kappa shape index (κ2) is 9.47. The fourth-order valence-corrected chi connectivity index (χ4v) is 3.84. The van der Waals surface area contributed by atoms with Crippen LogP contribution in [0.4, 0.5) is 11.5 Å². The Labute approximate surface area is 182 Å². The van der Waals surface area contributed by atoms with Crippen molar-refractivity contribution in [1.82, 2.24) is 10.2 Å². The summed E-state index contributed by atoms with van der Waals surface area (Å²) in [5.41, 5.74) is 2.39. The Hall–Kier alpha value is -3.61. The van der Waals surface area contributed by atoms with Crippen molar-refractivity contribution in [2.75, 3.05) is 37.5 Å². The van der Waals surface area contributed by atoms with E-state index in [0.717, 1.165) is 47.9 Å². The van der Waals surface area contributed by atoms with Crippen LogP contribution in [0.3, 0.4) is 0 Å². The molecule has 7 heteroatoms. The van der Waals surface area contributed by atoms with Crippen LogP contribution in [0.25, 0.3) is 11.3 Å². The first-order chi connectivity index (χ1) is 15.2. The number of hydrogen-bond acceptors (Lipinski definition) is 6. The molecule has 160 valence electrons. The van der Waals surface area contributed by atoms with Gasteiger partial charge in [-0.3, -0.25) is 4.79 Å². The zero-order valence-electron chi connectivity index (χ0n) is 17.7. The van der Waals surface area contributed by atoms with Crippen LogP contribution in [0.2, 0.25) is 0 Å². The number of nitrogens with zero attached hydrogens (tertiary/aromatic N) is 3. The number of rotatable bonds is 6. The highest BCUT2D eigenvalue weighted by Gasteiger charge is 2.27. The van der Waals surface area contributed by atoms with Gasteiger partial charge in [0.05, 0.1) is 25.8 Å². The largest absolute Gasteiger partial charge is 0.497 e. The van der Waals surface area contributed by atoms with E-state index >= 15 is 0 Å². The second-order valence-electron chi connectivity index (χ2n) is 7.48. The molecule has 0 bridgehead atoms. The molecular formula is C24H26N4O3. The lowest BCUT2D eigenvalue weighted by Gasteiger charge is -2.32. The number of para-hydroxylation sites is 1. The highest BCUT2D eigenvalue weighted by Crippen LogP contribution is 2.29. The van der Waals surface area contributed by atoms with Crippen LogP contribution in [0, 0.1) is 5.92 Å². The van der Waals surface area contributed by atoms with E-state index in [4.69, 9.17) is 9.47 Å². The van der Waals surface area contributed by atoms with Crippen molar-refractivity contribution in [3.05, 3.63) is 60.7 Å². The Bertz CT molecular complexity index is 1040. The number of methoxy groups -OCH3 is 2. The number of benzene rings is 2. The predicted octanol–water partition coefficient (Wildman–Crippen LogP) is 4.02. The molecule has 1 atom stereocenters. The molecule has 1 aliphatic rings. The van der Waals surface area contributed by atoms with Gasteiger partial charge in [0.2, 0.25) is 5.91 Å². The molecule has 2 aromatic carbocycles. The van der Waals surface area contributed by atoms with Gasteiger partial charge in [0, 0.05) is 30.4 Å². The third kappa shape index (κ3) is 4.77. The van der Waals surface area contributed by atoms with Crippen molar-refractivity contribution in [2.24, 2.45) is 5.92 Å². The summed E-state index contributed by atoms with van der Waals surface area (Å²) in [4.78, 5) is 14.9. The van der Waals surface area contributed by atoms with E-state index in [9.17, 15) is 4.79 Å². The Morgan fingerprint density at radius 3 is 2.68 bits per heavy atom. The Morgan fingerprint density at radius 1 is 1.03 bits per heavy atom. The number of carbonyl (C=O) groups is 1. The van der Waals surface area contributed by atoms with E-state index in [-0.39, 0.29) is 11.8 Å². The van der Waals surface area contributed by atoms with E-state index in [1.54, 1.807) is 14.2 Å². The van der Waals surface area contributed by atoms with E-state index in [1.807, 2.05) is 60.7 Å². The van der Waals surface area contributed by atoms with Crippen molar-refractivity contribution in [3.8, 4) is 22.8 Å². The number of piperidine rings is 1. The molecule has 0 aliphatic carbocycles. The third-order valence-corrected chi connectivity index (χ3v) is 5.49. The van der Waals surface area contributed by atoms with Crippen molar-refractivity contribution >= 4 is 17.4 Å². The number of amides is 1. The molecule has 1 aliphatic heterocycles. The number of carbonyl (C=O) groups excluding carboxylic acids is 1. The average Bonchev–Trinajstić information content (AvgIpc) is 2.84. The Morgan fingerprint density at radius 2 is 1.90 bits per heavy atom. The number of hydrogen-bond donors (Lipinski definition) is 1. The van der Waals surface area contributed by atoms with Crippen LogP contribution in [0.1, 0.15) is 12.8 Å². The maximum atomic E-state index is 12.8. The molecule has 0 spiro atoms. The standard InChI is InChI=1S/C24H26N4O3/c1-30-19-9-5-8-18(15-19)25-24(29)17-7-6-14-28(16-17)23-13-12-21(26-27-23)20-10-3-4-11-22(20)31-2/h3-5,8-13,15,17H,6-7,14,16H2,1-2H3,(H,25,29). The van der Waals surface area contributed by atoms with Crippen LogP contribution in [-0.4, -0.2) is 43.4 Å². The first-order valence-corrected chi connectivity index (χ1v) is 10.3. The average molecular weight is 418 g/mol. The second-order valence-corrected chi connectivity index (χ2v) is 7.48. The Kier molecular flexibility index (Phi) is 6.31. The van der Waals surface area contributed by atoms with Gasteiger partial charge in [-0.05, 0) is 49.2 Å². The van der Waals surface area contributed by atoms with Gasteiger partial charge >= 0.3 is 0 Å². The summed E-state index contributed by atoms with van der Waals surface area (Å²) in [6.07, 6.45) is 1.77. The van der Waals surface area contributed by atoms with Gasteiger partial charge in [0.25, 0.3) is 0 Å². The molecule has 1 fully saturated rings. The first-order valence-electron chi connectivity index (χ1n) is 10.3. The molecule has 0 saturated carbocycles. The van der Waals surface area contributed by atoms with Gasteiger partial charge in [0.15, 0.2) is 5.82 Å². The highest BCUT2D eigenvalue weighted by atomic mass is 16.5. The van der Waals surface area contributed by atoms with Crippen LogP contribution < -0.4 is 19.7 Å². The first kappa shape index (κ1) is 20.7. The lowest BCUT2D eigenvalue weighted by molar-refractivity contribution is -0.120. The lowest BCUT2D eigenvalue weighted by atomic mass is 9.97. The number of aromatic nitrogens is 2. The van der Waals surface area contributed by atoms with Crippen molar-refractivity contribution in [3.63, 3.8) is 0 Å². The number of nitrogens with one attached hydrogen (secondary N) is 1. The highest BCUT2D eigenvalue weighted by molar-refractivity contribution is 5.93. The smallest absolute Gasteiger partial charge is 0.229 e. The molecule has 4 rings (SSSR count). The molecule has 1 amide bonds. The monoisotopic (exact) mass is 418 g/mol. The minimum Gasteiger partial charge on any atom is -0.497 e. The quantitative estimate of drug-likeness (QED) is 0.652. The maximum absolute atomic E-state index is 12.8. The van der Waals surface area contributed by atoms with Crippen molar-refractivity contribution in [1.29, 1.82) is 0 Å². The summed E-state index contributed by atoms with van der Waals surface area (Å²) in [5, 5.41) is 11.8. The minimum atomic E-state index is -0.115. The number of anilines is 2. The zero-order chi connectivity index (χ0) is 21.6. The van der Waals surface area contributed by atoms with Crippen LogP contribution in [-0.2, 0) is 4.79 Å². The van der Waals surface area contributed by atoms with E-state index in [1.165, 1.54) is 0 Å². The summed E-state index contributed by atoms with van der Waals surface area (Å²) in [7, 11) is 3.26. The molecule has 2 heterocycles. The molecular weight excluding hydrogens is 392 g/mol. The molecule has 1 N–H and O–H groups in total. The van der Waals surface area contributed by atoms with Gasteiger partial charge < -0.3 is 19.7 Å². The van der Waals surface area contributed by atoms with Gasteiger partial charge in [0.1, 0.15) is 11.5 Å². The van der Waals surface area contributed by atoms with Crippen molar-refractivity contribution in [2.45, 2.75) is 12.8 Å². The fourth-order valence-electron chi connectivity index (χ4n) is 3.84. The lowest BCUT2D eigenvalue weighted by Crippen LogP contribution is -2.41. The summed E-state index contributed by atoms with van der Waals surface area (Å²) in [5.74, 6) is 2.15. The van der Waals surface area contributed by atoms with Gasteiger partial charge in [-0.25, -0.2) is 0 Å². The molecule has 1 unspecified atom stereocenters. The van der Waals surface area contributed by atoms with Crippen LogP contribution in [0.5, 0.6) is 11.5 Å². The Balaban J connectivity index is 1.44. The maximum Gasteiger partial charge on any atom is 0.229 e. The molecule has 31 heavy (non-hydrogen) atoms. The molecule has 7 nitrogen and oxygen atoms in total. The van der Waals surface area contributed by atoms with Gasteiger partial charge in [-0.1, -0.05) is 18.2 Å². The van der Waals surface area contributed by atoms with Gasteiger partial charge in [-0.2, -0.15) is 0 Å². The minimum absolute atomic E-state index is 0.0107. The van der Waals surface area contributed by atoms with Crippen LogP contribution >= 0.6 is 0 Å². The van der Waals surface area contributed by atoms with E-state index in [0.29, 0.717) is 12.3 Å². The van der Waals surface area contributed by atoms with E-state index in [2.05, 4.69) is 20.4 Å². The fraction of sp³-hybridized carbons (Fsp3) is 0.292. The number of ether oxygens (including phenoxy) is 2. The summed E-state index contributed by atoms with van der Waals surface area (Å²) < 4.78 is 10.6. The van der Waals surface area contributed by atoms with E-state index < -0.39 is 0 Å². The zero-order valence-corrected chi connectivity index (χ0v) is 17.7. The summed E-state index contributed by atoms with van der Waals surface area (Å²) in [6.45, 7) is 1.46. The molecule has 3 aromatic rings. The summed E-state index contributed by atoms with van der Waals surface area (Å²) >= 11 is 0. The summed E-state index contributed by atoms with van der Waals surface area (Å²) in [6, 6.07) is 19.0. The van der Waals surface area contributed by atoms with Gasteiger partial charge in [-0.15, -0.1) is 10.2 Å². The predicted molar refractivity (Wildman–Crippen MR) is 121 cm³/mol. The third-order valence-electron chi connectivity index (χ3n) is 5.49. The molecule has 0 radical (unpaired) electrons.